The fourth-order valence-electron chi connectivity index (χ4n) is 3.90. The van der Waals surface area contributed by atoms with Crippen LogP contribution in [0.15, 0.2) is 66.2 Å². The number of carbonyl (C=O) groups excluding carboxylic acids is 1. The number of rotatable bonds is 6. The zero-order valence-corrected chi connectivity index (χ0v) is 16.4. The van der Waals surface area contributed by atoms with E-state index in [1.807, 2.05) is 24.3 Å². The average molecular weight is 364 g/mol. The van der Waals surface area contributed by atoms with Gasteiger partial charge in [-0.15, -0.1) is 0 Å². The summed E-state index contributed by atoms with van der Waals surface area (Å²) in [5.74, 6) is 0.361. The Bertz CT molecular complexity index is 746. The summed E-state index contributed by atoms with van der Waals surface area (Å²) in [4.78, 5) is 14.2. The van der Waals surface area contributed by atoms with Crippen molar-refractivity contribution >= 4 is 12.0 Å². The van der Waals surface area contributed by atoms with Gasteiger partial charge in [-0.1, -0.05) is 66.7 Å². The van der Waals surface area contributed by atoms with E-state index in [4.69, 9.17) is 0 Å². The molecule has 2 N–H and O–H groups in total. The number of likely N-dealkylation sites (tertiary alicyclic amines) is 1. The zero-order chi connectivity index (χ0) is 19.1. The monoisotopic (exact) mass is 363 g/mol. The first kappa shape index (κ1) is 19.4. The lowest BCUT2D eigenvalue weighted by molar-refractivity contribution is -0.900. The molecular formula is C24H31N2O+. The van der Waals surface area contributed by atoms with Crippen molar-refractivity contribution in [2.75, 3.05) is 19.6 Å². The van der Waals surface area contributed by atoms with Crippen molar-refractivity contribution in [3.63, 3.8) is 0 Å². The molecule has 27 heavy (non-hydrogen) atoms. The molecule has 3 nitrogen and oxygen atoms in total. The van der Waals surface area contributed by atoms with Crippen LogP contribution in [-0.4, -0.2) is 25.5 Å². The molecule has 0 saturated carbocycles. The van der Waals surface area contributed by atoms with Crippen LogP contribution in [0.5, 0.6) is 0 Å². The van der Waals surface area contributed by atoms with Gasteiger partial charge in [0, 0.05) is 18.8 Å². The lowest BCUT2D eigenvalue weighted by Crippen LogP contribution is -3.13. The van der Waals surface area contributed by atoms with Gasteiger partial charge in [0.05, 0.1) is 25.7 Å². The van der Waals surface area contributed by atoms with Crippen LogP contribution in [-0.2, 0) is 4.79 Å². The van der Waals surface area contributed by atoms with Crippen LogP contribution in [0.4, 0.5) is 0 Å². The third kappa shape index (κ3) is 5.80. The van der Waals surface area contributed by atoms with Gasteiger partial charge in [-0.25, -0.2) is 0 Å². The summed E-state index contributed by atoms with van der Waals surface area (Å²) < 4.78 is 0. The smallest absolute Gasteiger partial charge is 0.224 e. The van der Waals surface area contributed by atoms with Crippen molar-refractivity contribution in [2.24, 2.45) is 5.92 Å². The largest absolute Gasteiger partial charge is 0.349 e. The maximum atomic E-state index is 12.6. The molecule has 3 heteroatoms. The van der Waals surface area contributed by atoms with Crippen LogP contribution in [0.1, 0.15) is 43.9 Å². The highest BCUT2D eigenvalue weighted by Gasteiger charge is 2.28. The van der Waals surface area contributed by atoms with Crippen molar-refractivity contribution in [3.8, 4) is 0 Å². The number of hydrogen-bond donors (Lipinski definition) is 2. The first-order valence-electron chi connectivity index (χ1n) is 10.0. The minimum Gasteiger partial charge on any atom is -0.349 e. The third-order valence-corrected chi connectivity index (χ3v) is 5.46. The highest BCUT2D eigenvalue weighted by molar-refractivity contribution is 5.79. The molecular weight excluding hydrogens is 332 g/mol. The van der Waals surface area contributed by atoms with Crippen LogP contribution in [0.25, 0.3) is 6.08 Å². The van der Waals surface area contributed by atoms with Gasteiger partial charge in [-0.2, -0.15) is 0 Å². The number of nitrogens with one attached hydrogen (secondary N) is 2. The molecule has 0 aliphatic carbocycles. The minimum atomic E-state index is 0.0696. The second-order valence-electron chi connectivity index (χ2n) is 7.74. The van der Waals surface area contributed by atoms with Gasteiger partial charge in [0.25, 0.3) is 0 Å². The van der Waals surface area contributed by atoms with E-state index in [-0.39, 0.29) is 17.9 Å². The van der Waals surface area contributed by atoms with Gasteiger partial charge in [0.15, 0.2) is 0 Å². The number of benzene rings is 2. The van der Waals surface area contributed by atoms with Gasteiger partial charge < -0.3 is 10.2 Å². The summed E-state index contributed by atoms with van der Waals surface area (Å²) in [5, 5.41) is 3.19. The minimum absolute atomic E-state index is 0.0696. The molecule has 2 aromatic carbocycles. The van der Waals surface area contributed by atoms with E-state index in [9.17, 15) is 4.79 Å². The second kappa shape index (κ2) is 9.52. The fourth-order valence-corrected chi connectivity index (χ4v) is 3.90. The van der Waals surface area contributed by atoms with E-state index in [1.54, 1.807) is 4.90 Å². The average Bonchev–Trinajstić information content (AvgIpc) is 2.70. The van der Waals surface area contributed by atoms with Crippen molar-refractivity contribution < 1.29 is 9.69 Å². The number of carbonyl (C=O) groups is 1. The van der Waals surface area contributed by atoms with Crippen LogP contribution >= 0.6 is 0 Å². The van der Waals surface area contributed by atoms with Crippen LogP contribution in [0, 0.1) is 5.92 Å². The Morgan fingerprint density at radius 2 is 1.67 bits per heavy atom. The van der Waals surface area contributed by atoms with Crippen LogP contribution in [0.3, 0.4) is 0 Å². The van der Waals surface area contributed by atoms with Crippen molar-refractivity contribution in [1.29, 1.82) is 0 Å². The van der Waals surface area contributed by atoms with Crippen molar-refractivity contribution in [1.82, 2.24) is 5.32 Å². The Balaban J connectivity index is 1.45. The quantitative estimate of drug-likeness (QED) is 0.811. The molecule has 142 valence electrons. The van der Waals surface area contributed by atoms with Gasteiger partial charge in [-0.05, 0) is 30.5 Å². The molecule has 1 aliphatic heterocycles. The van der Waals surface area contributed by atoms with Gasteiger partial charge in [-0.3, -0.25) is 4.79 Å². The third-order valence-electron chi connectivity index (χ3n) is 5.46. The SMILES string of the molecule is C/C(=C\c1ccccc1)C[NH+]1CCC(C(=O)N[C@H](C)c2ccccc2)CC1. The Hall–Kier alpha value is -2.39. The summed E-state index contributed by atoms with van der Waals surface area (Å²) in [5.41, 5.74) is 3.82. The predicted octanol–water partition coefficient (Wildman–Crippen LogP) is 3.26. The van der Waals surface area contributed by atoms with E-state index in [0.717, 1.165) is 38.0 Å². The number of piperidine rings is 1. The second-order valence-corrected chi connectivity index (χ2v) is 7.74. The molecule has 1 aliphatic rings. The molecule has 0 spiro atoms. The number of hydrogen-bond acceptors (Lipinski definition) is 1. The lowest BCUT2D eigenvalue weighted by atomic mass is 9.94. The molecule has 1 amide bonds. The molecule has 0 radical (unpaired) electrons. The maximum Gasteiger partial charge on any atom is 0.224 e. The van der Waals surface area contributed by atoms with E-state index < -0.39 is 0 Å². The highest BCUT2D eigenvalue weighted by atomic mass is 16.1. The molecule has 3 rings (SSSR count). The van der Waals surface area contributed by atoms with Crippen molar-refractivity contribution in [2.45, 2.75) is 32.7 Å². The Kier molecular flexibility index (Phi) is 6.83. The molecule has 1 heterocycles. The molecule has 2 aromatic rings. The normalized spacial score (nSPS) is 21.5. The molecule has 0 unspecified atom stereocenters. The maximum absolute atomic E-state index is 12.6. The predicted molar refractivity (Wildman–Crippen MR) is 111 cm³/mol. The first-order valence-corrected chi connectivity index (χ1v) is 10.0. The zero-order valence-electron chi connectivity index (χ0n) is 16.4. The van der Waals surface area contributed by atoms with E-state index in [0.29, 0.717) is 0 Å². The van der Waals surface area contributed by atoms with Gasteiger partial charge in [0.1, 0.15) is 0 Å². The Morgan fingerprint density at radius 3 is 2.30 bits per heavy atom. The Labute approximate surface area is 163 Å². The highest BCUT2D eigenvalue weighted by Crippen LogP contribution is 2.15. The van der Waals surface area contributed by atoms with Crippen LogP contribution in [0.2, 0.25) is 0 Å². The van der Waals surface area contributed by atoms with Gasteiger partial charge >= 0.3 is 0 Å². The number of quaternary nitrogens is 1. The lowest BCUT2D eigenvalue weighted by Gasteiger charge is -2.29. The van der Waals surface area contributed by atoms with Crippen molar-refractivity contribution in [3.05, 3.63) is 77.4 Å². The standard InChI is InChI=1S/C24H30N2O/c1-19(17-21-9-5-3-6-10-21)18-26-15-13-23(14-16-26)24(27)25-20(2)22-11-7-4-8-12-22/h3-12,17,20,23H,13-16,18H2,1-2H3,(H,25,27)/p+1/b19-17+/t20-/m1/s1. The van der Waals surface area contributed by atoms with E-state index in [2.05, 4.69) is 61.6 Å². The molecule has 0 aromatic heterocycles. The summed E-state index contributed by atoms with van der Waals surface area (Å²) in [6.07, 6.45) is 4.22. The molecule has 0 bridgehead atoms. The van der Waals surface area contributed by atoms with Crippen LogP contribution < -0.4 is 10.2 Å². The molecule has 1 saturated heterocycles. The van der Waals surface area contributed by atoms with Gasteiger partial charge in [0.2, 0.25) is 5.91 Å². The van der Waals surface area contributed by atoms with E-state index in [1.165, 1.54) is 11.1 Å². The number of amides is 1. The summed E-state index contributed by atoms with van der Waals surface area (Å²) >= 11 is 0. The summed E-state index contributed by atoms with van der Waals surface area (Å²) in [7, 11) is 0. The Morgan fingerprint density at radius 1 is 1.07 bits per heavy atom. The summed E-state index contributed by atoms with van der Waals surface area (Å²) in [6, 6.07) is 20.7. The topological polar surface area (TPSA) is 33.5 Å². The summed E-state index contributed by atoms with van der Waals surface area (Å²) in [6.45, 7) is 7.46. The van der Waals surface area contributed by atoms with E-state index >= 15 is 0 Å². The molecule has 1 fully saturated rings. The first-order chi connectivity index (χ1) is 13.1. The molecule has 1 atom stereocenters. The fraction of sp³-hybridized carbons (Fsp3) is 0.375.